The fraction of sp³-hybridized carbons (Fsp3) is 0.308. The summed E-state index contributed by atoms with van der Waals surface area (Å²) in [7, 11) is 0. The number of halogens is 1. The van der Waals surface area contributed by atoms with Crippen molar-refractivity contribution in [1.29, 1.82) is 0 Å². The molecule has 0 amide bonds. The van der Waals surface area contributed by atoms with Crippen molar-refractivity contribution in [2.75, 3.05) is 6.54 Å². The maximum absolute atomic E-state index is 4.02. The molecule has 0 aliphatic rings. The number of rotatable bonds is 6. The molecule has 0 bridgehead atoms. The van der Waals surface area contributed by atoms with Crippen molar-refractivity contribution in [1.82, 2.24) is 14.9 Å². The van der Waals surface area contributed by atoms with Crippen LogP contribution in [0.25, 0.3) is 0 Å². The molecule has 0 aliphatic heterocycles. The highest BCUT2D eigenvalue weighted by atomic mass is 79.9. The van der Waals surface area contributed by atoms with Crippen molar-refractivity contribution in [3.8, 4) is 0 Å². The van der Waals surface area contributed by atoms with Gasteiger partial charge in [0.1, 0.15) is 0 Å². The number of nitrogens with one attached hydrogen (secondary N) is 1. The predicted octanol–water partition coefficient (Wildman–Crippen LogP) is 2.83. The van der Waals surface area contributed by atoms with Gasteiger partial charge in [-0.1, -0.05) is 28.1 Å². The summed E-state index contributed by atoms with van der Waals surface area (Å²) in [5, 5.41) is 3.44. The highest BCUT2D eigenvalue weighted by Crippen LogP contribution is 2.11. The minimum atomic E-state index is 0.920. The summed E-state index contributed by atoms with van der Waals surface area (Å²) in [5.41, 5.74) is 1.31. The van der Waals surface area contributed by atoms with Crippen LogP contribution in [0.3, 0.4) is 0 Å². The first kappa shape index (κ1) is 12.3. The van der Waals surface area contributed by atoms with Gasteiger partial charge in [0, 0.05) is 30.0 Å². The number of benzene rings is 1. The van der Waals surface area contributed by atoms with E-state index in [-0.39, 0.29) is 0 Å². The number of nitrogens with zero attached hydrogens (tertiary/aromatic N) is 2. The highest BCUT2D eigenvalue weighted by molar-refractivity contribution is 9.10. The summed E-state index contributed by atoms with van der Waals surface area (Å²) in [6, 6.07) is 8.38. The SMILES string of the molecule is Brc1cccc(CNCCCn2ccnc2)c1. The van der Waals surface area contributed by atoms with E-state index in [0.717, 1.165) is 30.5 Å². The lowest BCUT2D eigenvalue weighted by molar-refractivity contribution is 0.580. The third-order valence-electron chi connectivity index (χ3n) is 2.55. The minimum Gasteiger partial charge on any atom is -0.337 e. The van der Waals surface area contributed by atoms with E-state index in [1.54, 1.807) is 0 Å². The van der Waals surface area contributed by atoms with Crippen molar-refractivity contribution in [3.63, 3.8) is 0 Å². The second-order valence-corrected chi connectivity index (χ2v) is 4.88. The summed E-state index contributed by atoms with van der Waals surface area (Å²) in [6.45, 7) is 2.96. The molecule has 3 nitrogen and oxygen atoms in total. The van der Waals surface area contributed by atoms with Gasteiger partial charge in [-0.3, -0.25) is 0 Å². The van der Waals surface area contributed by atoms with Crippen molar-refractivity contribution < 1.29 is 0 Å². The number of aromatic nitrogens is 2. The van der Waals surface area contributed by atoms with Crippen LogP contribution in [-0.2, 0) is 13.1 Å². The highest BCUT2D eigenvalue weighted by Gasteiger charge is 1.94. The summed E-state index contributed by atoms with van der Waals surface area (Å²) in [4.78, 5) is 4.02. The average molecular weight is 294 g/mol. The van der Waals surface area contributed by atoms with Gasteiger partial charge in [0.25, 0.3) is 0 Å². The van der Waals surface area contributed by atoms with E-state index >= 15 is 0 Å². The Morgan fingerprint density at radius 2 is 2.29 bits per heavy atom. The van der Waals surface area contributed by atoms with Crippen LogP contribution in [0.2, 0.25) is 0 Å². The minimum absolute atomic E-state index is 0.920. The van der Waals surface area contributed by atoms with E-state index in [9.17, 15) is 0 Å². The van der Waals surface area contributed by atoms with Crippen LogP contribution >= 0.6 is 15.9 Å². The first-order valence-corrected chi connectivity index (χ1v) is 6.55. The molecule has 0 unspecified atom stereocenters. The molecule has 0 saturated heterocycles. The maximum Gasteiger partial charge on any atom is 0.0945 e. The van der Waals surface area contributed by atoms with Gasteiger partial charge >= 0.3 is 0 Å². The van der Waals surface area contributed by atoms with E-state index in [1.165, 1.54) is 5.56 Å². The van der Waals surface area contributed by atoms with Gasteiger partial charge in [-0.05, 0) is 30.7 Å². The Labute approximate surface area is 110 Å². The van der Waals surface area contributed by atoms with Crippen molar-refractivity contribution in [2.24, 2.45) is 0 Å². The van der Waals surface area contributed by atoms with Crippen molar-refractivity contribution in [3.05, 3.63) is 53.0 Å². The molecule has 2 aromatic rings. The molecule has 1 N–H and O–H groups in total. The molecule has 0 spiro atoms. The van der Waals surface area contributed by atoms with E-state index < -0.39 is 0 Å². The molecule has 1 aromatic carbocycles. The van der Waals surface area contributed by atoms with Crippen LogP contribution in [0.1, 0.15) is 12.0 Å². The summed E-state index contributed by atoms with van der Waals surface area (Å²) in [5.74, 6) is 0. The summed E-state index contributed by atoms with van der Waals surface area (Å²) >= 11 is 3.47. The molecule has 0 fully saturated rings. The van der Waals surface area contributed by atoms with Gasteiger partial charge in [-0.15, -0.1) is 0 Å². The van der Waals surface area contributed by atoms with Crippen LogP contribution in [-0.4, -0.2) is 16.1 Å². The van der Waals surface area contributed by atoms with E-state index in [1.807, 2.05) is 24.8 Å². The fourth-order valence-electron chi connectivity index (χ4n) is 1.69. The van der Waals surface area contributed by atoms with Gasteiger partial charge in [0.05, 0.1) is 6.33 Å². The quantitative estimate of drug-likeness (QED) is 0.830. The fourth-order valence-corrected chi connectivity index (χ4v) is 2.13. The van der Waals surface area contributed by atoms with Gasteiger partial charge in [-0.2, -0.15) is 0 Å². The lowest BCUT2D eigenvalue weighted by Gasteiger charge is -2.05. The molecule has 1 heterocycles. The molecular weight excluding hydrogens is 278 g/mol. The molecular formula is C13H16BrN3. The molecule has 1 aromatic heterocycles. The van der Waals surface area contributed by atoms with Crippen LogP contribution in [0.4, 0.5) is 0 Å². The van der Waals surface area contributed by atoms with E-state index in [4.69, 9.17) is 0 Å². The van der Waals surface area contributed by atoms with Gasteiger partial charge in [-0.25, -0.2) is 4.98 Å². The standard InChI is InChI=1S/C13H16BrN3/c14-13-4-1-3-12(9-13)10-15-5-2-7-17-8-6-16-11-17/h1,3-4,6,8-9,11,15H,2,5,7,10H2. The molecule has 17 heavy (non-hydrogen) atoms. The molecule has 0 saturated carbocycles. The van der Waals surface area contributed by atoms with E-state index in [2.05, 4.69) is 49.0 Å². The smallest absolute Gasteiger partial charge is 0.0945 e. The lowest BCUT2D eigenvalue weighted by atomic mass is 10.2. The Bertz CT molecular complexity index is 440. The van der Waals surface area contributed by atoms with Crippen LogP contribution in [0, 0.1) is 0 Å². The zero-order valence-corrected chi connectivity index (χ0v) is 11.2. The molecule has 2 rings (SSSR count). The zero-order valence-electron chi connectivity index (χ0n) is 9.64. The monoisotopic (exact) mass is 293 g/mol. The largest absolute Gasteiger partial charge is 0.337 e. The zero-order chi connectivity index (χ0) is 11.9. The van der Waals surface area contributed by atoms with Crippen molar-refractivity contribution in [2.45, 2.75) is 19.5 Å². The van der Waals surface area contributed by atoms with Gasteiger partial charge in [0.15, 0.2) is 0 Å². The first-order chi connectivity index (χ1) is 8.34. The van der Waals surface area contributed by atoms with Crippen LogP contribution in [0.5, 0.6) is 0 Å². The second-order valence-electron chi connectivity index (χ2n) is 3.96. The average Bonchev–Trinajstić information content (AvgIpc) is 2.82. The Kier molecular flexibility index (Phi) is 4.76. The maximum atomic E-state index is 4.02. The third kappa shape index (κ3) is 4.32. The number of aryl methyl sites for hydroxylation is 1. The molecule has 0 aliphatic carbocycles. The second kappa shape index (κ2) is 6.57. The summed E-state index contributed by atoms with van der Waals surface area (Å²) < 4.78 is 3.23. The first-order valence-electron chi connectivity index (χ1n) is 5.75. The number of hydrogen-bond acceptors (Lipinski definition) is 2. The normalized spacial score (nSPS) is 10.6. The Hall–Kier alpha value is -1.13. The Morgan fingerprint density at radius 1 is 1.35 bits per heavy atom. The van der Waals surface area contributed by atoms with Gasteiger partial charge in [0.2, 0.25) is 0 Å². The van der Waals surface area contributed by atoms with Crippen LogP contribution < -0.4 is 5.32 Å². The molecule has 4 heteroatoms. The van der Waals surface area contributed by atoms with Crippen LogP contribution in [0.15, 0.2) is 47.5 Å². The van der Waals surface area contributed by atoms with E-state index in [0.29, 0.717) is 0 Å². The van der Waals surface area contributed by atoms with Gasteiger partial charge < -0.3 is 9.88 Å². The molecule has 0 atom stereocenters. The topological polar surface area (TPSA) is 29.9 Å². The number of imidazole rings is 1. The Morgan fingerprint density at radius 3 is 3.06 bits per heavy atom. The molecule has 0 radical (unpaired) electrons. The van der Waals surface area contributed by atoms with Crippen molar-refractivity contribution >= 4 is 15.9 Å². The third-order valence-corrected chi connectivity index (χ3v) is 3.04. The predicted molar refractivity (Wildman–Crippen MR) is 72.7 cm³/mol. The molecule has 90 valence electrons. The number of hydrogen-bond donors (Lipinski definition) is 1. The lowest BCUT2D eigenvalue weighted by Crippen LogP contribution is -2.16. The summed E-state index contributed by atoms with van der Waals surface area (Å²) in [6.07, 6.45) is 6.78. The Balaban J connectivity index is 1.63.